The molecule has 1 aromatic rings. The van der Waals surface area contributed by atoms with E-state index < -0.39 is 11.9 Å². The second kappa shape index (κ2) is 7.67. The maximum atomic E-state index is 12.1. The molecule has 0 aliphatic heterocycles. The number of aryl methyl sites for hydroxylation is 2. The molecule has 0 unspecified atom stereocenters. The minimum absolute atomic E-state index is 0.109. The first-order chi connectivity index (χ1) is 9.90. The van der Waals surface area contributed by atoms with Gasteiger partial charge in [-0.05, 0) is 46.3 Å². The van der Waals surface area contributed by atoms with Crippen LogP contribution in [0.2, 0.25) is 0 Å². The van der Waals surface area contributed by atoms with Gasteiger partial charge in [0.2, 0.25) is 0 Å². The van der Waals surface area contributed by atoms with Gasteiger partial charge in [-0.3, -0.25) is 4.79 Å². The van der Waals surface area contributed by atoms with Crippen LogP contribution in [0.4, 0.5) is 0 Å². The monoisotopic (exact) mass is 294 g/mol. The Morgan fingerprint density at radius 1 is 1.14 bits per heavy atom. The van der Waals surface area contributed by atoms with E-state index in [0.29, 0.717) is 16.9 Å². The highest BCUT2D eigenvalue weighted by molar-refractivity contribution is 6.01. The fraction of sp³-hybridized carbons (Fsp3) is 0.500. The van der Waals surface area contributed by atoms with Crippen molar-refractivity contribution < 1.29 is 23.5 Å². The van der Waals surface area contributed by atoms with Gasteiger partial charge in [0.1, 0.15) is 11.5 Å². The number of furan rings is 1. The van der Waals surface area contributed by atoms with E-state index in [1.807, 2.05) is 19.9 Å². The van der Waals surface area contributed by atoms with Gasteiger partial charge in [0, 0.05) is 5.56 Å². The number of ether oxygens (including phenoxy) is 2. The molecule has 0 radical (unpaired) electrons. The summed E-state index contributed by atoms with van der Waals surface area (Å²) in [6, 6.07) is 1.84. The number of rotatable bonds is 6. The van der Waals surface area contributed by atoms with E-state index in [4.69, 9.17) is 13.9 Å². The topological polar surface area (TPSA) is 65.7 Å². The fourth-order valence-electron chi connectivity index (χ4n) is 2.10. The molecule has 0 bridgehead atoms. The van der Waals surface area contributed by atoms with Crippen LogP contribution in [0.25, 0.3) is 5.57 Å². The van der Waals surface area contributed by atoms with E-state index >= 15 is 0 Å². The number of hydrogen-bond donors (Lipinski definition) is 0. The van der Waals surface area contributed by atoms with Crippen molar-refractivity contribution in [1.29, 1.82) is 0 Å². The number of carbonyl (C=O) groups is 2. The zero-order valence-electron chi connectivity index (χ0n) is 13.2. The third kappa shape index (κ3) is 4.48. The molecular weight excluding hydrogens is 272 g/mol. The van der Waals surface area contributed by atoms with Gasteiger partial charge in [-0.1, -0.05) is 0 Å². The van der Waals surface area contributed by atoms with Crippen LogP contribution in [0.3, 0.4) is 0 Å². The zero-order chi connectivity index (χ0) is 16.0. The molecule has 0 spiro atoms. The van der Waals surface area contributed by atoms with Crippen LogP contribution in [0.1, 0.15) is 44.3 Å². The van der Waals surface area contributed by atoms with Crippen molar-refractivity contribution in [3.05, 3.63) is 28.7 Å². The summed E-state index contributed by atoms with van der Waals surface area (Å²) in [5.41, 5.74) is 1.79. The van der Waals surface area contributed by atoms with Crippen LogP contribution in [0.5, 0.6) is 0 Å². The first-order valence-corrected chi connectivity index (χ1v) is 7.00. The molecule has 0 aromatic carbocycles. The van der Waals surface area contributed by atoms with Crippen LogP contribution in [-0.4, -0.2) is 25.2 Å². The molecule has 0 saturated heterocycles. The maximum Gasteiger partial charge on any atom is 0.334 e. The molecule has 0 aliphatic rings. The first-order valence-electron chi connectivity index (χ1n) is 7.00. The van der Waals surface area contributed by atoms with Gasteiger partial charge in [0.15, 0.2) is 0 Å². The Labute approximate surface area is 124 Å². The molecule has 1 aromatic heterocycles. The quantitative estimate of drug-likeness (QED) is 0.595. The average Bonchev–Trinajstić information content (AvgIpc) is 2.75. The highest BCUT2D eigenvalue weighted by Crippen LogP contribution is 2.27. The van der Waals surface area contributed by atoms with Crippen molar-refractivity contribution in [2.24, 2.45) is 0 Å². The fourth-order valence-corrected chi connectivity index (χ4v) is 2.10. The lowest BCUT2D eigenvalue weighted by atomic mass is 9.99. The molecule has 0 aliphatic carbocycles. The summed E-state index contributed by atoms with van der Waals surface area (Å²) in [7, 11) is 0. The second-order valence-electron chi connectivity index (χ2n) is 4.63. The molecule has 5 nitrogen and oxygen atoms in total. The molecule has 0 atom stereocenters. The number of esters is 2. The smallest absolute Gasteiger partial charge is 0.334 e. The van der Waals surface area contributed by atoms with Crippen molar-refractivity contribution >= 4 is 17.5 Å². The minimum atomic E-state index is -0.499. The van der Waals surface area contributed by atoms with Gasteiger partial charge in [0.05, 0.1) is 25.2 Å². The van der Waals surface area contributed by atoms with Crippen LogP contribution >= 0.6 is 0 Å². The zero-order valence-corrected chi connectivity index (χ0v) is 13.2. The number of carbonyl (C=O) groups excluding carboxylic acids is 2. The molecule has 1 rings (SSSR count). The number of allylic oxidation sites excluding steroid dienone is 1. The molecule has 0 N–H and O–H groups in total. The van der Waals surface area contributed by atoms with Gasteiger partial charge < -0.3 is 13.9 Å². The Bertz CT molecular complexity index is 551. The molecule has 0 fully saturated rings. The third-order valence-electron chi connectivity index (χ3n) is 3.05. The normalized spacial score (nSPS) is 11.9. The van der Waals surface area contributed by atoms with Gasteiger partial charge in [-0.15, -0.1) is 0 Å². The predicted octanol–water partition coefficient (Wildman–Crippen LogP) is 3.19. The Balaban J connectivity index is 3.19. The van der Waals surface area contributed by atoms with Crippen molar-refractivity contribution in [1.82, 2.24) is 0 Å². The van der Waals surface area contributed by atoms with E-state index in [-0.39, 0.29) is 19.6 Å². The van der Waals surface area contributed by atoms with Crippen molar-refractivity contribution in [2.45, 2.75) is 41.0 Å². The van der Waals surface area contributed by atoms with Crippen molar-refractivity contribution in [2.75, 3.05) is 13.2 Å². The van der Waals surface area contributed by atoms with E-state index in [2.05, 4.69) is 0 Å². The lowest BCUT2D eigenvalue weighted by Gasteiger charge is -2.11. The van der Waals surface area contributed by atoms with Gasteiger partial charge in [0.25, 0.3) is 0 Å². The first kappa shape index (κ1) is 17.0. The van der Waals surface area contributed by atoms with E-state index in [1.54, 1.807) is 20.8 Å². The average molecular weight is 294 g/mol. The Morgan fingerprint density at radius 3 is 2.24 bits per heavy atom. The highest BCUT2D eigenvalue weighted by atomic mass is 16.5. The Morgan fingerprint density at radius 2 is 1.76 bits per heavy atom. The molecule has 0 saturated carbocycles. The Hall–Kier alpha value is -2.04. The molecular formula is C16H22O5. The summed E-state index contributed by atoms with van der Waals surface area (Å²) in [5.74, 6) is 0.510. The minimum Gasteiger partial charge on any atom is -0.466 e. The van der Waals surface area contributed by atoms with E-state index in [0.717, 1.165) is 11.3 Å². The summed E-state index contributed by atoms with van der Waals surface area (Å²) < 4.78 is 15.4. The molecule has 1 heterocycles. The molecule has 116 valence electrons. The standard InChI is InChI=1S/C16H22O5/c1-6-19-15(17)9-14(16(18)20-7-2)11(4)13-8-10(3)21-12(13)5/h8H,6-7,9H2,1-5H3/b14-11+. The summed E-state index contributed by atoms with van der Waals surface area (Å²) in [6.45, 7) is 9.41. The van der Waals surface area contributed by atoms with E-state index in [9.17, 15) is 9.59 Å². The Kier molecular flexibility index (Phi) is 6.21. The SMILES string of the molecule is CCOC(=O)C/C(C(=O)OCC)=C(/C)c1cc(C)oc1C. The maximum absolute atomic E-state index is 12.1. The summed E-state index contributed by atoms with van der Waals surface area (Å²) in [5, 5.41) is 0. The summed E-state index contributed by atoms with van der Waals surface area (Å²) in [4.78, 5) is 23.8. The van der Waals surface area contributed by atoms with Crippen LogP contribution in [0, 0.1) is 13.8 Å². The lowest BCUT2D eigenvalue weighted by molar-refractivity contribution is -0.145. The van der Waals surface area contributed by atoms with Gasteiger partial charge in [-0.2, -0.15) is 0 Å². The summed E-state index contributed by atoms with van der Waals surface area (Å²) >= 11 is 0. The van der Waals surface area contributed by atoms with Crippen LogP contribution in [-0.2, 0) is 19.1 Å². The van der Waals surface area contributed by atoms with E-state index in [1.165, 1.54) is 0 Å². The van der Waals surface area contributed by atoms with Crippen LogP contribution in [0.15, 0.2) is 16.1 Å². The van der Waals surface area contributed by atoms with Crippen LogP contribution < -0.4 is 0 Å². The van der Waals surface area contributed by atoms with Gasteiger partial charge in [-0.25, -0.2) is 4.79 Å². The molecule has 21 heavy (non-hydrogen) atoms. The largest absolute Gasteiger partial charge is 0.466 e. The van der Waals surface area contributed by atoms with Crippen molar-refractivity contribution in [3.8, 4) is 0 Å². The van der Waals surface area contributed by atoms with Gasteiger partial charge >= 0.3 is 11.9 Å². The number of hydrogen-bond acceptors (Lipinski definition) is 5. The summed E-state index contributed by atoms with van der Waals surface area (Å²) in [6.07, 6.45) is -0.109. The highest BCUT2D eigenvalue weighted by Gasteiger charge is 2.21. The van der Waals surface area contributed by atoms with Crippen molar-refractivity contribution in [3.63, 3.8) is 0 Å². The third-order valence-corrected chi connectivity index (χ3v) is 3.05. The molecule has 0 amide bonds. The predicted molar refractivity (Wildman–Crippen MR) is 78.7 cm³/mol. The second-order valence-corrected chi connectivity index (χ2v) is 4.63. The molecule has 5 heteroatoms. The lowest BCUT2D eigenvalue weighted by Crippen LogP contribution is -2.15.